The third kappa shape index (κ3) is 5.39. The number of nitrogens with one attached hydrogen (secondary N) is 1. The van der Waals surface area contributed by atoms with E-state index in [0.29, 0.717) is 23.7 Å². The average Bonchev–Trinajstić information content (AvgIpc) is 3.63. The van der Waals surface area contributed by atoms with E-state index in [0.717, 1.165) is 31.4 Å². The molecule has 0 radical (unpaired) electrons. The molecule has 1 N–H and O–H groups in total. The molecule has 5 nitrogen and oxygen atoms in total. The highest BCUT2D eigenvalue weighted by atomic mass is 15.4. The Hall–Kier alpha value is -3.60. The monoisotopic (exact) mass is 537 g/mol. The molecule has 5 rings (SSSR count). The molecule has 0 unspecified atom stereocenters. The quantitative estimate of drug-likeness (QED) is 0.363. The summed E-state index contributed by atoms with van der Waals surface area (Å²) in [6.07, 6.45) is 14.4. The fraction of sp³-hybridized carbons (Fsp3) is 0.429. The molecule has 0 saturated heterocycles. The number of hydrogen-bond acceptors (Lipinski definition) is 5. The summed E-state index contributed by atoms with van der Waals surface area (Å²) < 4.78 is 0. The lowest BCUT2D eigenvalue weighted by Crippen LogP contribution is -2.38. The molecule has 0 fully saturated rings. The van der Waals surface area contributed by atoms with Crippen molar-refractivity contribution in [3.8, 4) is 0 Å². The van der Waals surface area contributed by atoms with E-state index in [1.165, 1.54) is 33.6 Å². The van der Waals surface area contributed by atoms with Crippen LogP contribution in [0.1, 0.15) is 108 Å². The Morgan fingerprint density at radius 2 is 0.825 bits per heavy atom. The maximum atomic E-state index is 3.75. The van der Waals surface area contributed by atoms with Crippen LogP contribution in [-0.2, 0) is 0 Å². The topological polar surface area (TPSA) is 25.0 Å². The van der Waals surface area contributed by atoms with Crippen molar-refractivity contribution in [2.75, 3.05) is 23.1 Å². The third-order valence-electron chi connectivity index (χ3n) is 8.22. The van der Waals surface area contributed by atoms with Gasteiger partial charge in [0.2, 0.25) is 0 Å². The van der Waals surface area contributed by atoms with Crippen LogP contribution in [-0.4, -0.2) is 23.1 Å². The van der Waals surface area contributed by atoms with Gasteiger partial charge in [-0.05, 0) is 64.5 Å². The molecule has 2 aromatic carbocycles. The molecule has 0 aromatic heterocycles. The van der Waals surface area contributed by atoms with Crippen molar-refractivity contribution in [1.82, 2.24) is 15.1 Å². The smallest absolute Gasteiger partial charge is 0.109 e. The van der Waals surface area contributed by atoms with Crippen LogP contribution in [0, 0.1) is 0 Å². The predicted octanol–water partition coefficient (Wildman–Crippen LogP) is 8.66. The minimum absolute atomic E-state index is 0.472. The minimum Gasteiger partial charge on any atom is -0.328 e. The van der Waals surface area contributed by atoms with Crippen molar-refractivity contribution in [1.29, 1.82) is 0 Å². The lowest BCUT2D eigenvalue weighted by molar-refractivity contribution is 0.408. The summed E-state index contributed by atoms with van der Waals surface area (Å²) in [7, 11) is 0. The molecule has 3 aliphatic heterocycles. The number of para-hydroxylation sites is 2. The first-order valence-electron chi connectivity index (χ1n) is 15.0. The van der Waals surface area contributed by atoms with Crippen molar-refractivity contribution >= 4 is 11.4 Å². The number of benzene rings is 2. The second kappa shape index (κ2) is 11.5. The van der Waals surface area contributed by atoms with Gasteiger partial charge in [0, 0.05) is 36.2 Å². The Morgan fingerprint density at radius 1 is 0.500 bits per heavy atom. The molecule has 3 heterocycles. The number of dihydropyridines is 1. The third-order valence-corrected chi connectivity index (χ3v) is 8.22. The Bertz CT molecular complexity index is 1190. The van der Waals surface area contributed by atoms with Crippen LogP contribution in [0.4, 0.5) is 11.4 Å². The highest BCUT2D eigenvalue weighted by molar-refractivity contribution is 5.65. The summed E-state index contributed by atoms with van der Waals surface area (Å²) in [5, 5.41) is 3.75. The molecular formula is C35H47N5. The fourth-order valence-corrected chi connectivity index (χ4v) is 6.02. The normalized spacial score (nSPS) is 17.2. The Kier molecular flexibility index (Phi) is 8.02. The van der Waals surface area contributed by atoms with Gasteiger partial charge < -0.3 is 24.9 Å². The fourth-order valence-electron chi connectivity index (χ4n) is 6.02. The molecular weight excluding hydrogens is 490 g/mol. The van der Waals surface area contributed by atoms with E-state index in [4.69, 9.17) is 0 Å². The van der Waals surface area contributed by atoms with E-state index in [1.54, 1.807) is 0 Å². The van der Waals surface area contributed by atoms with E-state index in [2.05, 4.69) is 154 Å². The maximum absolute atomic E-state index is 3.75. The van der Waals surface area contributed by atoms with Gasteiger partial charge in [-0.3, -0.25) is 0 Å². The van der Waals surface area contributed by atoms with Gasteiger partial charge in [-0.25, -0.2) is 0 Å². The van der Waals surface area contributed by atoms with Crippen molar-refractivity contribution in [2.45, 2.75) is 85.5 Å². The molecule has 0 aliphatic carbocycles. The van der Waals surface area contributed by atoms with Gasteiger partial charge in [0.1, 0.15) is 25.0 Å². The first kappa shape index (κ1) is 27.9. The van der Waals surface area contributed by atoms with Crippen molar-refractivity contribution < 1.29 is 0 Å². The standard InChI is InChI=1S/C35H47N5/c1-24(2)28-12-9-13-29(25(3)4)34(28)39-20-18-37(22-39)32-16-11-17-33(36-32)38-19-21-40(23-38)35-30(26(5)6)14-10-15-31(35)27(7)8/h9-10,12-21,24-27,36H,11,22-23H2,1-8H3. The highest BCUT2D eigenvalue weighted by Gasteiger charge is 2.27. The first-order chi connectivity index (χ1) is 19.2. The minimum atomic E-state index is 0.472. The van der Waals surface area contributed by atoms with Crippen LogP contribution in [0.25, 0.3) is 0 Å². The number of nitrogens with zero attached hydrogens (tertiary/aromatic N) is 4. The number of anilines is 2. The zero-order chi connectivity index (χ0) is 28.6. The molecule has 0 amide bonds. The molecule has 0 saturated carbocycles. The van der Waals surface area contributed by atoms with Crippen molar-refractivity contribution in [2.24, 2.45) is 0 Å². The summed E-state index contributed by atoms with van der Waals surface area (Å²) in [4.78, 5) is 9.49. The van der Waals surface area contributed by atoms with Gasteiger partial charge in [0.05, 0.1) is 0 Å². The summed E-state index contributed by atoms with van der Waals surface area (Å²) in [6, 6.07) is 13.6. The van der Waals surface area contributed by atoms with Crippen LogP contribution >= 0.6 is 0 Å². The second-order valence-corrected chi connectivity index (χ2v) is 12.5. The van der Waals surface area contributed by atoms with Crippen LogP contribution in [0.3, 0.4) is 0 Å². The van der Waals surface area contributed by atoms with E-state index >= 15 is 0 Å². The van der Waals surface area contributed by atoms with Crippen LogP contribution in [0.15, 0.2) is 85.0 Å². The van der Waals surface area contributed by atoms with E-state index < -0.39 is 0 Å². The van der Waals surface area contributed by atoms with Crippen molar-refractivity contribution in [3.63, 3.8) is 0 Å². The molecule has 5 heteroatoms. The summed E-state index contributed by atoms with van der Waals surface area (Å²) in [5.41, 5.74) is 8.37. The van der Waals surface area contributed by atoms with E-state index in [1.807, 2.05) is 0 Å². The van der Waals surface area contributed by atoms with E-state index in [9.17, 15) is 0 Å². The van der Waals surface area contributed by atoms with Crippen molar-refractivity contribution in [3.05, 3.63) is 107 Å². The molecule has 0 spiro atoms. The van der Waals surface area contributed by atoms with E-state index in [-0.39, 0.29) is 0 Å². The number of rotatable bonds is 8. The summed E-state index contributed by atoms with van der Waals surface area (Å²) in [6.45, 7) is 19.9. The zero-order valence-corrected chi connectivity index (χ0v) is 25.6. The van der Waals surface area contributed by atoms with Gasteiger partial charge in [0.15, 0.2) is 0 Å². The molecule has 0 bridgehead atoms. The van der Waals surface area contributed by atoms with Crippen LogP contribution in [0.5, 0.6) is 0 Å². The van der Waals surface area contributed by atoms with Gasteiger partial charge >= 0.3 is 0 Å². The first-order valence-corrected chi connectivity index (χ1v) is 15.0. The Labute approximate surface area is 242 Å². The number of allylic oxidation sites excluding steroid dienone is 2. The SMILES string of the molecule is CC(C)c1cccc(C(C)C)c1N1C=CN(C2=CCC=C(N3C=CN(c4c(C(C)C)cccc4C(C)C)C3)N2)C1. The molecule has 3 aliphatic rings. The van der Waals surface area contributed by atoms with Crippen LogP contribution < -0.4 is 15.1 Å². The van der Waals surface area contributed by atoms with Gasteiger partial charge in [-0.1, -0.05) is 91.8 Å². The summed E-state index contributed by atoms with van der Waals surface area (Å²) in [5.74, 6) is 4.17. The maximum Gasteiger partial charge on any atom is 0.109 e. The molecule has 40 heavy (non-hydrogen) atoms. The Morgan fingerprint density at radius 3 is 1.15 bits per heavy atom. The lowest BCUT2D eigenvalue weighted by Gasteiger charge is -2.33. The molecule has 0 atom stereocenters. The highest BCUT2D eigenvalue weighted by Crippen LogP contribution is 2.39. The summed E-state index contributed by atoms with van der Waals surface area (Å²) >= 11 is 0. The molecule has 2 aromatic rings. The largest absolute Gasteiger partial charge is 0.328 e. The van der Waals surface area contributed by atoms with Gasteiger partial charge in [-0.2, -0.15) is 0 Å². The predicted molar refractivity (Wildman–Crippen MR) is 170 cm³/mol. The number of hydrogen-bond donors (Lipinski definition) is 1. The van der Waals surface area contributed by atoms with Crippen LogP contribution in [0.2, 0.25) is 0 Å². The average molecular weight is 538 g/mol. The lowest BCUT2D eigenvalue weighted by atomic mass is 9.92. The zero-order valence-electron chi connectivity index (χ0n) is 25.6. The van der Waals surface area contributed by atoms with Gasteiger partial charge in [-0.15, -0.1) is 0 Å². The van der Waals surface area contributed by atoms with Gasteiger partial charge in [0.25, 0.3) is 0 Å². The Balaban J connectivity index is 1.30. The molecule has 212 valence electrons. The second-order valence-electron chi connectivity index (χ2n) is 12.5.